The van der Waals surface area contributed by atoms with Gasteiger partial charge in [0, 0.05) is 66.7 Å². The third kappa shape index (κ3) is 11.8. The van der Waals surface area contributed by atoms with Gasteiger partial charge in [-0.15, -0.1) is 0 Å². The van der Waals surface area contributed by atoms with Crippen molar-refractivity contribution < 1.29 is 90.7 Å². The molecule has 0 aromatic rings. The first-order valence-electron chi connectivity index (χ1n) is 19.2. The van der Waals surface area contributed by atoms with E-state index in [2.05, 4.69) is 0 Å². The highest BCUT2D eigenvalue weighted by molar-refractivity contribution is 5.68. The van der Waals surface area contributed by atoms with Crippen molar-refractivity contribution in [3.63, 3.8) is 0 Å². The largest absolute Gasteiger partial charge is 0.458 e. The Labute approximate surface area is 344 Å². The van der Waals surface area contributed by atoms with E-state index in [0.717, 1.165) is 41.5 Å². The molecule has 4 rings (SSSR count). The van der Waals surface area contributed by atoms with Crippen LogP contribution in [0.25, 0.3) is 0 Å². The number of hydrogen-bond donors (Lipinski definition) is 7. The summed E-state index contributed by atoms with van der Waals surface area (Å²) in [6.07, 6.45) is -20.5. The van der Waals surface area contributed by atoms with Gasteiger partial charge in [-0.2, -0.15) is 0 Å². The van der Waals surface area contributed by atoms with Crippen LogP contribution in [0.5, 0.6) is 0 Å². The summed E-state index contributed by atoms with van der Waals surface area (Å²) in [7, 11) is 0. The molecule has 0 aromatic heterocycles. The molecule has 0 amide bonds. The van der Waals surface area contributed by atoms with Gasteiger partial charge < -0.3 is 96.4 Å². The number of ether oxygens (including phenoxy) is 12. The molecule has 11 unspecified atom stereocenters. The Morgan fingerprint density at radius 3 is 1.18 bits per heavy atom. The van der Waals surface area contributed by atoms with E-state index in [0.29, 0.717) is 0 Å². The van der Waals surface area contributed by atoms with Gasteiger partial charge in [-0.05, 0) is 6.42 Å². The van der Waals surface area contributed by atoms with Crippen molar-refractivity contribution in [2.24, 2.45) is 34.4 Å². The molecule has 25 heteroatoms. The van der Waals surface area contributed by atoms with Crippen molar-refractivity contribution in [3.8, 4) is 0 Å². The van der Waals surface area contributed by atoms with E-state index in [1.165, 1.54) is 0 Å². The average molecular weight is 867 g/mol. The molecule has 13 N–H and O–H groups in total. The van der Waals surface area contributed by atoms with E-state index in [-0.39, 0.29) is 19.5 Å². The van der Waals surface area contributed by atoms with Gasteiger partial charge in [-0.3, -0.25) is 28.8 Å². The van der Waals surface area contributed by atoms with Gasteiger partial charge in [0.25, 0.3) is 0 Å². The van der Waals surface area contributed by atoms with Gasteiger partial charge in [0.1, 0.15) is 42.7 Å². The summed E-state index contributed by atoms with van der Waals surface area (Å²) in [5.74, 6) is -4.67. The number of nitrogens with two attached hydrogens (primary N) is 6. The van der Waals surface area contributed by atoms with Crippen LogP contribution in [0.2, 0.25) is 0 Å². The molecule has 0 radical (unpaired) electrons. The lowest BCUT2D eigenvalue weighted by Crippen LogP contribution is -2.69. The lowest BCUT2D eigenvalue weighted by molar-refractivity contribution is -0.309. The Balaban J connectivity index is 1.70. The second-order valence-electron chi connectivity index (χ2n) is 14.7. The van der Waals surface area contributed by atoms with E-state index in [1.807, 2.05) is 0 Å². The molecular weight excluding hydrogens is 808 g/mol. The van der Waals surface area contributed by atoms with Gasteiger partial charge in [-0.25, -0.2) is 0 Å². The summed E-state index contributed by atoms with van der Waals surface area (Å²) in [6.45, 7) is 5.40. The molecule has 0 spiro atoms. The van der Waals surface area contributed by atoms with E-state index >= 15 is 0 Å². The Bertz CT molecular complexity index is 1530. The maximum atomic E-state index is 12.6. The highest BCUT2D eigenvalue weighted by Crippen LogP contribution is 2.37. The highest BCUT2D eigenvalue weighted by Gasteiger charge is 2.58. The summed E-state index contributed by atoms with van der Waals surface area (Å²) in [5.41, 5.74) is 38.0. The molecule has 0 bridgehead atoms. The third-order valence-corrected chi connectivity index (χ3v) is 10.0. The van der Waals surface area contributed by atoms with Crippen LogP contribution in [0.15, 0.2) is 0 Å². The minimum atomic E-state index is -1.66. The highest BCUT2D eigenvalue weighted by atomic mass is 16.8. The van der Waals surface area contributed by atoms with Crippen LogP contribution in [0.3, 0.4) is 0 Å². The Morgan fingerprint density at radius 1 is 0.450 bits per heavy atom. The number of hydrogen-bond acceptors (Lipinski definition) is 25. The normalized spacial score (nSPS) is 40.5. The second kappa shape index (κ2) is 21.4. The Hall–Kier alpha value is -3.70. The van der Waals surface area contributed by atoms with Crippen molar-refractivity contribution in [1.82, 2.24) is 0 Å². The number of esters is 6. The summed E-state index contributed by atoms with van der Waals surface area (Å²) in [5, 5.41) is 10.5. The lowest BCUT2D eigenvalue weighted by atomic mass is 9.84. The number of aliphatic hydroxyl groups is 1. The number of rotatable bonds is 15. The van der Waals surface area contributed by atoms with Crippen LogP contribution in [0.1, 0.15) is 48.0 Å². The lowest BCUT2D eigenvalue weighted by Gasteiger charge is -2.48. The first-order valence-corrected chi connectivity index (χ1v) is 19.2. The second-order valence-corrected chi connectivity index (χ2v) is 14.7. The van der Waals surface area contributed by atoms with Crippen LogP contribution in [0.4, 0.5) is 0 Å². The van der Waals surface area contributed by atoms with Crippen molar-refractivity contribution in [2.45, 2.75) is 164 Å². The van der Waals surface area contributed by atoms with Crippen LogP contribution in [0, 0.1) is 0 Å². The van der Waals surface area contributed by atoms with Gasteiger partial charge in [0.05, 0.1) is 18.7 Å². The van der Waals surface area contributed by atoms with Gasteiger partial charge in [-0.1, -0.05) is 0 Å². The van der Waals surface area contributed by atoms with Gasteiger partial charge in [0.15, 0.2) is 49.4 Å². The van der Waals surface area contributed by atoms with E-state index < -0.39 is 159 Å². The topological polar surface area (TPSA) is 390 Å². The van der Waals surface area contributed by atoms with E-state index in [1.54, 1.807) is 0 Å². The van der Waals surface area contributed by atoms with Crippen LogP contribution >= 0.6 is 0 Å². The summed E-state index contributed by atoms with van der Waals surface area (Å²) < 4.78 is 70.0. The minimum absolute atomic E-state index is 0.0187. The molecular formula is C35H58N6O19. The predicted molar refractivity (Wildman–Crippen MR) is 196 cm³/mol. The smallest absolute Gasteiger partial charge is 0.303 e. The molecule has 4 aliphatic rings. The predicted octanol–water partition coefficient (Wildman–Crippen LogP) is -5.47. The molecule has 60 heavy (non-hydrogen) atoms. The summed E-state index contributed by atoms with van der Waals surface area (Å²) >= 11 is 0. The molecule has 4 fully saturated rings. The maximum absolute atomic E-state index is 12.6. The summed E-state index contributed by atoms with van der Waals surface area (Å²) in [6, 6.07) is -4.68. The van der Waals surface area contributed by atoms with Crippen molar-refractivity contribution >= 4 is 35.8 Å². The van der Waals surface area contributed by atoms with Crippen molar-refractivity contribution in [2.75, 3.05) is 19.7 Å². The maximum Gasteiger partial charge on any atom is 0.303 e. The van der Waals surface area contributed by atoms with E-state index in [9.17, 15) is 33.9 Å². The van der Waals surface area contributed by atoms with Crippen molar-refractivity contribution in [1.29, 1.82) is 0 Å². The van der Waals surface area contributed by atoms with E-state index in [4.69, 9.17) is 91.2 Å². The third-order valence-electron chi connectivity index (χ3n) is 10.0. The first-order chi connectivity index (χ1) is 28.2. The Kier molecular flexibility index (Phi) is 17.5. The number of aliphatic hydroxyl groups excluding tert-OH is 1. The standard InChI is InChI=1S/C35H58N6O19/c1-11(43)49-24-17(38)7-18(39)25(58-33-22(40)29(52-14(4)46)26(50-12(2)44)19(8-36)55-33)31(24)60-35-32(54-16(6)48)28(21(10-42)57-35)59-34-23(41)30(53-15(5)47)27(51-13(3)45)20(9-37)56-34/h17-35,42H,7-10,36-41H2,1-6H3/t17-,18?,19?,20?,21-,22?,23?,24?,25-,26-,27-,28?,29?,30?,31?,32?,33-,34-,35+/m1/s1. The number of carbonyl (C=O) groups is 6. The first kappa shape index (κ1) is 49.0. The fourth-order valence-corrected chi connectivity index (χ4v) is 7.65. The molecule has 3 heterocycles. The molecule has 1 aliphatic carbocycles. The van der Waals surface area contributed by atoms with Crippen LogP contribution in [-0.2, 0) is 85.6 Å². The van der Waals surface area contributed by atoms with Crippen LogP contribution < -0.4 is 34.4 Å². The zero-order valence-corrected chi connectivity index (χ0v) is 34.1. The van der Waals surface area contributed by atoms with Crippen LogP contribution in [-0.4, -0.2) is 177 Å². The van der Waals surface area contributed by atoms with Crippen molar-refractivity contribution in [3.05, 3.63) is 0 Å². The molecule has 3 saturated heterocycles. The van der Waals surface area contributed by atoms with Gasteiger partial charge in [0.2, 0.25) is 0 Å². The molecule has 19 atom stereocenters. The molecule has 25 nitrogen and oxygen atoms in total. The average Bonchev–Trinajstić information content (AvgIpc) is 3.46. The quantitative estimate of drug-likeness (QED) is 0.0596. The molecule has 3 aliphatic heterocycles. The van der Waals surface area contributed by atoms with Gasteiger partial charge >= 0.3 is 35.8 Å². The fourth-order valence-electron chi connectivity index (χ4n) is 7.65. The Morgan fingerprint density at radius 2 is 0.783 bits per heavy atom. The number of carbonyl (C=O) groups excluding carboxylic acids is 6. The zero-order chi connectivity index (χ0) is 44.7. The summed E-state index contributed by atoms with van der Waals surface area (Å²) in [4.78, 5) is 73.3. The molecule has 1 saturated carbocycles. The zero-order valence-electron chi connectivity index (χ0n) is 34.1. The minimum Gasteiger partial charge on any atom is -0.458 e. The fraction of sp³-hybridized carbons (Fsp3) is 0.829. The molecule has 0 aromatic carbocycles. The SMILES string of the molecule is CC(=O)OC1C(O[C@H]2OC(CN)[C@@H](OC(C)=O)C(OC(C)=O)C2N)[C@@H](CO)O[C@H]1OC1C(OC(C)=O)[C@H](N)CC(N)[C@H]1O[C@H]1OC(CN)[C@@H](OC(C)=O)C(OC(C)=O)C1N. The molecule has 342 valence electrons. The monoisotopic (exact) mass is 866 g/mol.